The van der Waals surface area contributed by atoms with Crippen LogP contribution in [-0.2, 0) is 10.0 Å². The second-order valence-corrected chi connectivity index (χ2v) is 8.13. The van der Waals surface area contributed by atoms with E-state index in [1.54, 1.807) is 26.1 Å². The standard InChI is InChI=1S/C18H22FN3O4S/c1-3-25-17-5-4-15(12-16(17)19)27(23,24)22-10-7-14(8-11-22)26-18-6-9-20-13(2)21-18/h4-6,9,12,14H,3,7-8,10-11H2,1-2H3. The van der Waals surface area contributed by atoms with Gasteiger partial charge in [-0.3, -0.25) is 0 Å². The molecule has 1 aliphatic rings. The minimum Gasteiger partial charge on any atom is -0.491 e. The van der Waals surface area contributed by atoms with Crippen molar-refractivity contribution in [2.24, 2.45) is 0 Å². The monoisotopic (exact) mass is 395 g/mol. The Hall–Kier alpha value is -2.26. The van der Waals surface area contributed by atoms with E-state index in [4.69, 9.17) is 9.47 Å². The fourth-order valence-electron chi connectivity index (χ4n) is 2.92. The molecule has 1 aromatic heterocycles. The maximum Gasteiger partial charge on any atom is 0.243 e. The molecule has 2 aromatic rings. The minimum atomic E-state index is -3.76. The van der Waals surface area contributed by atoms with Crippen molar-refractivity contribution in [1.29, 1.82) is 0 Å². The van der Waals surface area contributed by atoms with Crippen LogP contribution in [0.2, 0.25) is 0 Å². The molecule has 27 heavy (non-hydrogen) atoms. The Bertz CT molecular complexity index is 899. The summed E-state index contributed by atoms with van der Waals surface area (Å²) in [6, 6.07) is 5.40. The van der Waals surface area contributed by atoms with E-state index in [-0.39, 0.29) is 16.7 Å². The van der Waals surface area contributed by atoms with Gasteiger partial charge in [0.1, 0.15) is 11.9 Å². The fourth-order valence-corrected chi connectivity index (χ4v) is 4.41. The van der Waals surface area contributed by atoms with Crippen molar-refractivity contribution >= 4 is 10.0 Å². The van der Waals surface area contributed by atoms with Crippen LogP contribution in [0.5, 0.6) is 11.6 Å². The molecule has 9 heteroatoms. The number of benzene rings is 1. The summed E-state index contributed by atoms with van der Waals surface area (Å²) >= 11 is 0. The summed E-state index contributed by atoms with van der Waals surface area (Å²) < 4.78 is 51.9. The van der Waals surface area contributed by atoms with E-state index >= 15 is 0 Å². The lowest BCUT2D eigenvalue weighted by molar-refractivity contribution is 0.129. The number of aromatic nitrogens is 2. The first kappa shape index (κ1) is 19.5. The van der Waals surface area contributed by atoms with E-state index in [1.165, 1.54) is 16.4 Å². The molecule has 1 fully saturated rings. The summed E-state index contributed by atoms with van der Waals surface area (Å²) in [6.45, 7) is 4.41. The molecule has 0 saturated carbocycles. The van der Waals surface area contributed by atoms with Crippen molar-refractivity contribution in [3.05, 3.63) is 42.1 Å². The number of hydrogen-bond donors (Lipinski definition) is 0. The highest BCUT2D eigenvalue weighted by molar-refractivity contribution is 7.89. The Morgan fingerprint density at radius 3 is 2.63 bits per heavy atom. The third kappa shape index (κ3) is 4.54. The molecule has 146 valence electrons. The summed E-state index contributed by atoms with van der Waals surface area (Å²) in [7, 11) is -3.76. The SMILES string of the molecule is CCOc1ccc(S(=O)(=O)N2CCC(Oc3ccnc(C)n3)CC2)cc1F. The Morgan fingerprint density at radius 1 is 1.26 bits per heavy atom. The molecular formula is C18H22FN3O4S. The second-order valence-electron chi connectivity index (χ2n) is 6.19. The molecular weight excluding hydrogens is 373 g/mol. The fraction of sp³-hybridized carbons (Fsp3) is 0.444. The van der Waals surface area contributed by atoms with E-state index in [2.05, 4.69) is 9.97 Å². The molecule has 1 saturated heterocycles. The molecule has 0 aliphatic carbocycles. The van der Waals surface area contributed by atoms with Crippen LogP contribution in [0.4, 0.5) is 4.39 Å². The first-order chi connectivity index (χ1) is 12.9. The van der Waals surface area contributed by atoms with Gasteiger partial charge >= 0.3 is 0 Å². The molecule has 0 amide bonds. The highest BCUT2D eigenvalue weighted by Gasteiger charge is 2.31. The van der Waals surface area contributed by atoms with Gasteiger partial charge in [-0.25, -0.2) is 17.8 Å². The zero-order valence-corrected chi connectivity index (χ0v) is 16.1. The first-order valence-electron chi connectivity index (χ1n) is 8.79. The number of nitrogens with zero attached hydrogens (tertiary/aromatic N) is 3. The summed E-state index contributed by atoms with van der Waals surface area (Å²) in [5.74, 6) is 0.460. The van der Waals surface area contributed by atoms with Crippen LogP contribution in [0.15, 0.2) is 35.4 Å². The summed E-state index contributed by atoms with van der Waals surface area (Å²) in [5.41, 5.74) is 0. The zero-order chi connectivity index (χ0) is 19.4. The Labute approximate surface area is 158 Å². The van der Waals surface area contributed by atoms with Gasteiger partial charge in [0.2, 0.25) is 15.9 Å². The Kier molecular flexibility index (Phi) is 5.91. The summed E-state index contributed by atoms with van der Waals surface area (Å²) in [6.07, 6.45) is 2.56. The zero-order valence-electron chi connectivity index (χ0n) is 15.3. The number of piperidine rings is 1. The van der Waals surface area contributed by atoms with Gasteiger partial charge in [0.05, 0.1) is 11.5 Å². The first-order valence-corrected chi connectivity index (χ1v) is 10.2. The van der Waals surface area contributed by atoms with Gasteiger partial charge in [-0.1, -0.05) is 0 Å². The predicted octanol–water partition coefficient (Wildman–Crippen LogP) is 2.55. The van der Waals surface area contributed by atoms with E-state index in [0.29, 0.717) is 44.2 Å². The van der Waals surface area contributed by atoms with Crippen molar-refractivity contribution in [2.45, 2.75) is 37.7 Å². The van der Waals surface area contributed by atoms with Gasteiger partial charge in [0, 0.05) is 25.4 Å². The maximum atomic E-state index is 14.0. The van der Waals surface area contributed by atoms with Crippen LogP contribution < -0.4 is 9.47 Å². The third-order valence-electron chi connectivity index (χ3n) is 4.28. The minimum absolute atomic E-state index is 0.0451. The van der Waals surface area contributed by atoms with E-state index in [9.17, 15) is 12.8 Å². The van der Waals surface area contributed by atoms with Crippen molar-refractivity contribution in [3.63, 3.8) is 0 Å². The topological polar surface area (TPSA) is 81.6 Å². The van der Waals surface area contributed by atoms with Crippen molar-refractivity contribution in [3.8, 4) is 11.6 Å². The molecule has 0 N–H and O–H groups in total. The van der Waals surface area contributed by atoms with Crippen LogP contribution in [0, 0.1) is 12.7 Å². The van der Waals surface area contributed by atoms with Crippen LogP contribution in [-0.4, -0.2) is 48.5 Å². The van der Waals surface area contributed by atoms with Crippen LogP contribution in [0.1, 0.15) is 25.6 Å². The lowest BCUT2D eigenvalue weighted by Gasteiger charge is -2.31. The molecule has 0 atom stereocenters. The average Bonchev–Trinajstić information content (AvgIpc) is 2.64. The quantitative estimate of drug-likeness (QED) is 0.748. The van der Waals surface area contributed by atoms with Crippen LogP contribution >= 0.6 is 0 Å². The Balaban J connectivity index is 1.65. The lowest BCUT2D eigenvalue weighted by Crippen LogP contribution is -2.41. The highest BCUT2D eigenvalue weighted by Crippen LogP contribution is 2.26. The Morgan fingerprint density at radius 2 is 2.00 bits per heavy atom. The van der Waals surface area contributed by atoms with Gasteiger partial charge in [-0.15, -0.1) is 0 Å². The number of aryl methyl sites for hydroxylation is 1. The lowest BCUT2D eigenvalue weighted by atomic mass is 10.1. The molecule has 0 bridgehead atoms. The third-order valence-corrected chi connectivity index (χ3v) is 6.17. The molecule has 2 heterocycles. The normalized spacial score (nSPS) is 16.3. The van der Waals surface area contributed by atoms with E-state index in [1.807, 2.05) is 0 Å². The van der Waals surface area contributed by atoms with Crippen molar-refractivity contribution in [1.82, 2.24) is 14.3 Å². The number of sulfonamides is 1. The second kappa shape index (κ2) is 8.18. The number of rotatable bonds is 6. The maximum absolute atomic E-state index is 14.0. The number of ether oxygens (including phenoxy) is 2. The molecule has 1 aromatic carbocycles. The van der Waals surface area contributed by atoms with Gasteiger partial charge in [-0.05, 0) is 44.9 Å². The molecule has 0 spiro atoms. The van der Waals surface area contributed by atoms with Crippen molar-refractivity contribution in [2.75, 3.05) is 19.7 Å². The molecule has 0 unspecified atom stereocenters. The molecule has 0 radical (unpaired) electrons. The van der Waals surface area contributed by atoms with Crippen LogP contribution in [0.25, 0.3) is 0 Å². The van der Waals surface area contributed by atoms with E-state index in [0.717, 1.165) is 6.07 Å². The molecule has 3 rings (SSSR count). The van der Waals surface area contributed by atoms with Gasteiger partial charge in [0.25, 0.3) is 0 Å². The number of hydrogen-bond acceptors (Lipinski definition) is 6. The van der Waals surface area contributed by atoms with Gasteiger partial charge < -0.3 is 9.47 Å². The van der Waals surface area contributed by atoms with E-state index < -0.39 is 15.8 Å². The predicted molar refractivity (Wildman–Crippen MR) is 96.7 cm³/mol. The van der Waals surface area contributed by atoms with Gasteiger partial charge in [0.15, 0.2) is 11.6 Å². The summed E-state index contributed by atoms with van der Waals surface area (Å²) in [4.78, 5) is 8.14. The molecule has 1 aliphatic heterocycles. The molecule has 7 nitrogen and oxygen atoms in total. The average molecular weight is 395 g/mol. The summed E-state index contributed by atoms with van der Waals surface area (Å²) in [5, 5.41) is 0. The van der Waals surface area contributed by atoms with Crippen LogP contribution in [0.3, 0.4) is 0 Å². The van der Waals surface area contributed by atoms with Gasteiger partial charge in [-0.2, -0.15) is 9.29 Å². The smallest absolute Gasteiger partial charge is 0.243 e. The number of halogens is 1. The van der Waals surface area contributed by atoms with Crippen molar-refractivity contribution < 1.29 is 22.3 Å². The highest BCUT2D eigenvalue weighted by atomic mass is 32.2. The largest absolute Gasteiger partial charge is 0.491 e.